The van der Waals surface area contributed by atoms with E-state index in [1.54, 1.807) is 6.21 Å². The van der Waals surface area contributed by atoms with Gasteiger partial charge in [0.1, 0.15) is 0 Å². The van der Waals surface area contributed by atoms with Gasteiger partial charge in [-0.2, -0.15) is 0 Å². The summed E-state index contributed by atoms with van der Waals surface area (Å²) in [5.41, 5.74) is 5.41. The maximum atomic E-state index is 4.52. The van der Waals surface area contributed by atoms with Crippen LogP contribution in [0.2, 0.25) is 0 Å². The highest BCUT2D eigenvalue weighted by Crippen LogP contribution is 2.20. The van der Waals surface area contributed by atoms with E-state index < -0.39 is 0 Å². The average molecular weight is 276 g/mol. The Labute approximate surface area is 126 Å². The second kappa shape index (κ2) is 7.34. The molecule has 0 fully saturated rings. The zero-order chi connectivity index (χ0) is 15.1. The molecule has 106 valence electrons. The minimum Gasteiger partial charge on any atom is -0.261 e. The first kappa shape index (κ1) is 14.9. The monoisotopic (exact) mass is 276 g/mol. The summed E-state index contributed by atoms with van der Waals surface area (Å²) < 4.78 is 0. The van der Waals surface area contributed by atoms with Crippen LogP contribution >= 0.6 is 0 Å². The molecule has 0 unspecified atom stereocenters. The lowest BCUT2D eigenvalue weighted by Crippen LogP contribution is -1.82. The maximum absolute atomic E-state index is 4.52. The minimum absolute atomic E-state index is 0.908. The molecular formula is C19H20N2. The van der Waals surface area contributed by atoms with Crippen molar-refractivity contribution >= 4 is 29.9 Å². The number of nitrogens with zero attached hydrogens (tertiary/aromatic N) is 2. The summed E-state index contributed by atoms with van der Waals surface area (Å²) in [6.07, 6.45) is 5.83. The third-order valence-corrected chi connectivity index (χ3v) is 2.84. The lowest BCUT2D eigenvalue weighted by molar-refractivity contribution is 1.42. The lowest BCUT2D eigenvalue weighted by atomic mass is 10.1. The molecule has 0 saturated carbocycles. The highest BCUT2D eigenvalue weighted by atomic mass is 14.7. The first-order chi connectivity index (χ1) is 10.2. The fourth-order valence-corrected chi connectivity index (χ4v) is 2.01. The molecule has 0 heterocycles. The first-order valence-corrected chi connectivity index (χ1v) is 7.05. The predicted molar refractivity (Wildman–Crippen MR) is 93.3 cm³/mol. The smallest absolute Gasteiger partial charge is 0.0651 e. The highest BCUT2D eigenvalue weighted by Gasteiger charge is 1.93. The van der Waals surface area contributed by atoms with Gasteiger partial charge in [-0.3, -0.25) is 9.98 Å². The Hall–Kier alpha value is -2.48. The van der Waals surface area contributed by atoms with Crippen LogP contribution in [0.4, 0.5) is 11.4 Å². The SMILES string of the molecule is C/C=N/c1cccc(N=Cc2cccc(C=C(C)C)c2)c1. The Kier molecular flexibility index (Phi) is 5.22. The van der Waals surface area contributed by atoms with E-state index in [2.05, 4.69) is 48.1 Å². The topological polar surface area (TPSA) is 24.7 Å². The Morgan fingerprint density at radius 2 is 1.52 bits per heavy atom. The molecule has 2 rings (SSSR count). The van der Waals surface area contributed by atoms with E-state index in [-0.39, 0.29) is 0 Å². The maximum Gasteiger partial charge on any atom is 0.0651 e. The van der Waals surface area contributed by atoms with E-state index in [4.69, 9.17) is 0 Å². The molecule has 2 aromatic carbocycles. The molecular weight excluding hydrogens is 256 g/mol. The van der Waals surface area contributed by atoms with Gasteiger partial charge in [0, 0.05) is 12.4 Å². The minimum atomic E-state index is 0.908. The van der Waals surface area contributed by atoms with Crippen molar-refractivity contribution in [2.45, 2.75) is 20.8 Å². The van der Waals surface area contributed by atoms with Crippen LogP contribution in [0.3, 0.4) is 0 Å². The van der Waals surface area contributed by atoms with Gasteiger partial charge in [0.25, 0.3) is 0 Å². The number of aliphatic imine (C=N–C) groups is 2. The summed E-state index contributed by atoms with van der Waals surface area (Å²) in [6, 6.07) is 16.2. The normalized spacial score (nSPS) is 11.2. The Morgan fingerprint density at radius 3 is 2.24 bits per heavy atom. The molecule has 0 amide bonds. The molecule has 0 saturated heterocycles. The quantitative estimate of drug-likeness (QED) is 0.651. The number of benzene rings is 2. The van der Waals surface area contributed by atoms with Crippen LogP contribution in [-0.4, -0.2) is 12.4 Å². The van der Waals surface area contributed by atoms with Gasteiger partial charge in [0.05, 0.1) is 11.4 Å². The van der Waals surface area contributed by atoms with Gasteiger partial charge in [-0.15, -0.1) is 0 Å². The fraction of sp³-hybridized carbons (Fsp3) is 0.158. The summed E-state index contributed by atoms with van der Waals surface area (Å²) >= 11 is 0. The van der Waals surface area contributed by atoms with Gasteiger partial charge in [-0.1, -0.05) is 35.9 Å². The van der Waals surface area contributed by atoms with Crippen LogP contribution in [0.5, 0.6) is 0 Å². The molecule has 0 aliphatic carbocycles. The molecule has 0 radical (unpaired) electrons. The van der Waals surface area contributed by atoms with Crippen molar-refractivity contribution in [2.24, 2.45) is 9.98 Å². The van der Waals surface area contributed by atoms with Crippen molar-refractivity contribution in [2.75, 3.05) is 0 Å². The molecule has 0 spiro atoms. The number of rotatable bonds is 4. The molecule has 0 N–H and O–H groups in total. The summed E-state index contributed by atoms with van der Waals surface area (Å²) in [5, 5.41) is 0. The van der Waals surface area contributed by atoms with E-state index in [1.165, 1.54) is 11.1 Å². The molecule has 0 atom stereocenters. The summed E-state index contributed by atoms with van der Waals surface area (Å²) in [7, 11) is 0. The molecule has 0 bridgehead atoms. The van der Waals surface area contributed by atoms with Gasteiger partial charge in [0.2, 0.25) is 0 Å². The number of allylic oxidation sites excluding steroid dienone is 1. The largest absolute Gasteiger partial charge is 0.261 e. The molecule has 2 nitrogen and oxygen atoms in total. The number of hydrogen-bond acceptors (Lipinski definition) is 2. The molecule has 21 heavy (non-hydrogen) atoms. The molecule has 2 heteroatoms. The van der Waals surface area contributed by atoms with Gasteiger partial charge in [-0.05, 0) is 56.2 Å². The Balaban J connectivity index is 2.21. The van der Waals surface area contributed by atoms with Crippen molar-refractivity contribution in [3.63, 3.8) is 0 Å². The van der Waals surface area contributed by atoms with E-state index in [1.807, 2.05) is 43.5 Å². The van der Waals surface area contributed by atoms with Crippen molar-refractivity contribution in [3.05, 3.63) is 65.2 Å². The lowest BCUT2D eigenvalue weighted by Gasteiger charge is -1.99. The van der Waals surface area contributed by atoms with E-state index in [0.717, 1.165) is 16.9 Å². The standard InChI is InChI=1S/C19H20N2/c1-4-20-18-9-6-10-19(13-18)21-14-17-8-5-7-16(12-17)11-15(2)3/h4-14H,1-3H3/b20-4+,21-14?. The van der Waals surface area contributed by atoms with Crippen LogP contribution in [0.15, 0.2) is 64.1 Å². The van der Waals surface area contributed by atoms with Crippen molar-refractivity contribution in [1.29, 1.82) is 0 Å². The van der Waals surface area contributed by atoms with Crippen LogP contribution < -0.4 is 0 Å². The zero-order valence-electron chi connectivity index (χ0n) is 12.7. The zero-order valence-corrected chi connectivity index (χ0v) is 12.7. The first-order valence-electron chi connectivity index (χ1n) is 7.05. The second-order valence-electron chi connectivity index (χ2n) is 5.06. The van der Waals surface area contributed by atoms with E-state index in [9.17, 15) is 0 Å². The predicted octanol–water partition coefficient (Wildman–Crippen LogP) is 5.58. The van der Waals surface area contributed by atoms with Crippen LogP contribution in [0, 0.1) is 0 Å². The molecule has 0 aliphatic heterocycles. The summed E-state index contributed by atoms with van der Waals surface area (Å²) in [5.74, 6) is 0. The van der Waals surface area contributed by atoms with E-state index in [0.29, 0.717) is 0 Å². The van der Waals surface area contributed by atoms with Crippen LogP contribution in [-0.2, 0) is 0 Å². The summed E-state index contributed by atoms with van der Waals surface area (Å²) in [4.78, 5) is 8.78. The van der Waals surface area contributed by atoms with Gasteiger partial charge in [-0.25, -0.2) is 0 Å². The van der Waals surface area contributed by atoms with Gasteiger partial charge in [0.15, 0.2) is 0 Å². The van der Waals surface area contributed by atoms with Crippen LogP contribution in [0.1, 0.15) is 31.9 Å². The second-order valence-corrected chi connectivity index (χ2v) is 5.06. The third-order valence-electron chi connectivity index (χ3n) is 2.84. The third kappa shape index (κ3) is 4.84. The van der Waals surface area contributed by atoms with Crippen molar-refractivity contribution in [1.82, 2.24) is 0 Å². The molecule has 0 aliphatic rings. The van der Waals surface area contributed by atoms with Gasteiger partial charge < -0.3 is 0 Å². The van der Waals surface area contributed by atoms with Crippen molar-refractivity contribution in [3.8, 4) is 0 Å². The van der Waals surface area contributed by atoms with Gasteiger partial charge >= 0.3 is 0 Å². The average Bonchev–Trinajstić information content (AvgIpc) is 2.46. The van der Waals surface area contributed by atoms with E-state index >= 15 is 0 Å². The Bertz CT molecular complexity index is 690. The van der Waals surface area contributed by atoms with Crippen LogP contribution in [0.25, 0.3) is 6.08 Å². The fourth-order valence-electron chi connectivity index (χ4n) is 2.01. The molecule has 2 aromatic rings. The molecule has 0 aromatic heterocycles. The summed E-state index contributed by atoms with van der Waals surface area (Å²) in [6.45, 7) is 6.10. The Morgan fingerprint density at radius 1 is 0.857 bits per heavy atom. The highest BCUT2D eigenvalue weighted by molar-refractivity contribution is 5.83. The number of hydrogen-bond donors (Lipinski definition) is 0. The van der Waals surface area contributed by atoms with Crippen molar-refractivity contribution < 1.29 is 0 Å².